The molecule has 0 aromatic carbocycles. The Balaban J connectivity index is 2.24. The van der Waals surface area contributed by atoms with Gasteiger partial charge in [0.05, 0.1) is 5.69 Å². The van der Waals surface area contributed by atoms with Crippen LogP contribution in [0, 0.1) is 5.92 Å². The van der Waals surface area contributed by atoms with Crippen molar-refractivity contribution < 1.29 is 0 Å². The SMILES string of the molecule is CC(C)C[C@@H](N)c1ncnc2c1CCC2. The molecule has 82 valence electrons. The Labute approximate surface area is 91.1 Å². The summed E-state index contributed by atoms with van der Waals surface area (Å²) in [5, 5.41) is 0. The predicted molar refractivity (Wildman–Crippen MR) is 60.4 cm³/mol. The molecule has 3 heteroatoms. The minimum Gasteiger partial charge on any atom is -0.323 e. The Morgan fingerprint density at radius 2 is 2.13 bits per heavy atom. The lowest BCUT2D eigenvalue weighted by Gasteiger charge is -2.16. The minimum absolute atomic E-state index is 0.0832. The fraction of sp³-hybridized carbons (Fsp3) is 0.667. The van der Waals surface area contributed by atoms with Crippen molar-refractivity contribution in [1.29, 1.82) is 0 Å². The van der Waals surface area contributed by atoms with Crippen molar-refractivity contribution >= 4 is 0 Å². The molecule has 0 amide bonds. The number of rotatable bonds is 3. The van der Waals surface area contributed by atoms with Crippen LogP contribution in [0.25, 0.3) is 0 Å². The monoisotopic (exact) mass is 205 g/mol. The van der Waals surface area contributed by atoms with Crippen molar-refractivity contribution in [2.75, 3.05) is 0 Å². The molecule has 1 heterocycles. The molecule has 0 bridgehead atoms. The number of nitrogens with two attached hydrogens (primary N) is 1. The smallest absolute Gasteiger partial charge is 0.116 e. The summed E-state index contributed by atoms with van der Waals surface area (Å²) in [6.07, 6.45) is 6.08. The van der Waals surface area contributed by atoms with Crippen molar-refractivity contribution in [1.82, 2.24) is 9.97 Å². The topological polar surface area (TPSA) is 51.8 Å². The normalized spacial score (nSPS) is 16.8. The molecule has 0 radical (unpaired) electrons. The van der Waals surface area contributed by atoms with Crippen molar-refractivity contribution in [2.24, 2.45) is 11.7 Å². The van der Waals surface area contributed by atoms with E-state index in [2.05, 4.69) is 23.8 Å². The maximum atomic E-state index is 6.18. The average molecular weight is 205 g/mol. The van der Waals surface area contributed by atoms with Gasteiger partial charge in [0, 0.05) is 11.7 Å². The lowest BCUT2D eigenvalue weighted by atomic mass is 9.98. The first-order chi connectivity index (χ1) is 7.18. The zero-order valence-corrected chi connectivity index (χ0v) is 9.53. The summed E-state index contributed by atoms with van der Waals surface area (Å²) in [4.78, 5) is 8.68. The number of hydrogen-bond acceptors (Lipinski definition) is 3. The Bertz CT molecular complexity index is 347. The Morgan fingerprint density at radius 3 is 2.87 bits per heavy atom. The zero-order valence-electron chi connectivity index (χ0n) is 9.53. The maximum absolute atomic E-state index is 6.18. The van der Waals surface area contributed by atoms with Crippen molar-refractivity contribution in [3.63, 3.8) is 0 Å². The summed E-state index contributed by atoms with van der Waals surface area (Å²) in [6, 6.07) is 0.0832. The first-order valence-electron chi connectivity index (χ1n) is 5.76. The van der Waals surface area contributed by atoms with Gasteiger partial charge in [-0.1, -0.05) is 13.8 Å². The van der Waals surface area contributed by atoms with E-state index in [0.29, 0.717) is 5.92 Å². The van der Waals surface area contributed by atoms with Crippen LogP contribution in [0.1, 0.15) is 49.7 Å². The highest BCUT2D eigenvalue weighted by Crippen LogP contribution is 2.27. The van der Waals surface area contributed by atoms with Crippen LogP contribution in [0.5, 0.6) is 0 Å². The van der Waals surface area contributed by atoms with Gasteiger partial charge in [-0.25, -0.2) is 9.97 Å². The highest BCUT2D eigenvalue weighted by Gasteiger charge is 2.21. The van der Waals surface area contributed by atoms with Crippen LogP contribution in [0.3, 0.4) is 0 Å². The second kappa shape index (κ2) is 4.27. The summed E-state index contributed by atoms with van der Waals surface area (Å²) in [5.41, 5.74) is 9.81. The summed E-state index contributed by atoms with van der Waals surface area (Å²) < 4.78 is 0. The Morgan fingerprint density at radius 1 is 1.33 bits per heavy atom. The minimum atomic E-state index is 0.0832. The van der Waals surface area contributed by atoms with Crippen molar-refractivity contribution in [3.8, 4) is 0 Å². The number of nitrogens with zero attached hydrogens (tertiary/aromatic N) is 2. The summed E-state index contributed by atoms with van der Waals surface area (Å²) in [5.74, 6) is 0.618. The fourth-order valence-corrected chi connectivity index (χ4v) is 2.32. The second-order valence-electron chi connectivity index (χ2n) is 4.77. The third-order valence-corrected chi connectivity index (χ3v) is 2.98. The van der Waals surface area contributed by atoms with Gasteiger partial charge in [-0.3, -0.25) is 0 Å². The molecule has 1 aliphatic rings. The molecule has 0 aliphatic heterocycles. The molecule has 1 aliphatic carbocycles. The van der Waals surface area contributed by atoms with E-state index in [1.54, 1.807) is 6.33 Å². The lowest BCUT2D eigenvalue weighted by molar-refractivity contribution is 0.499. The molecular weight excluding hydrogens is 186 g/mol. The van der Waals surface area contributed by atoms with Crippen LogP contribution in [0.4, 0.5) is 0 Å². The fourth-order valence-electron chi connectivity index (χ4n) is 2.32. The van der Waals surface area contributed by atoms with Gasteiger partial charge in [-0.15, -0.1) is 0 Å². The van der Waals surface area contributed by atoms with E-state index < -0.39 is 0 Å². The van der Waals surface area contributed by atoms with E-state index in [4.69, 9.17) is 5.73 Å². The number of aryl methyl sites for hydroxylation is 1. The molecule has 2 rings (SSSR count). The molecule has 0 spiro atoms. The van der Waals surface area contributed by atoms with Gasteiger partial charge < -0.3 is 5.73 Å². The third kappa shape index (κ3) is 2.17. The average Bonchev–Trinajstić information content (AvgIpc) is 2.63. The highest BCUT2D eigenvalue weighted by atomic mass is 14.9. The summed E-state index contributed by atoms with van der Waals surface area (Å²) in [7, 11) is 0. The molecule has 0 saturated heterocycles. The third-order valence-electron chi connectivity index (χ3n) is 2.98. The molecule has 0 unspecified atom stereocenters. The quantitative estimate of drug-likeness (QED) is 0.821. The molecule has 15 heavy (non-hydrogen) atoms. The van der Waals surface area contributed by atoms with Gasteiger partial charge in [-0.2, -0.15) is 0 Å². The molecule has 1 aromatic heterocycles. The van der Waals surface area contributed by atoms with Crippen molar-refractivity contribution in [3.05, 3.63) is 23.3 Å². The largest absolute Gasteiger partial charge is 0.323 e. The zero-order chi connectivity index (χ0) is 10.8. The van der Waals surface area contributed by atoms with Crippen LogP contribution in [-0.2, 0) is 12.8 Å². The number of fused-ring (bicyclic) bond motifs is 1. The van der Waals surface area contributed by atoms with Gasteiger partial charge in [0.15, 0.2) is 0 Å². The predicted octanol–water partition coefficient (Wildman–Crippen LogP) is 2.01. The van der Waals surface area contributed by atoms with E-state index in [0.717, 1.165) is 25.0 Å². The van der Waals surface area contributed by atoms with Crippen LogP contribution in [0.15, 0.2) is 6.33 Å². The van der Waals surface area contributed by atoms with Crippen molar-refractivity contribution in [2.45, 2.75) is 45.6 Å². The number of hydrogen-bond donors (Lipinski definition) is 1. The van der Waals surface area contributed by atoms with E-state index in [9.17, 15) is 0 Å². The van der Waals surface area contributed by atoms with E-state index >= 15 is 0 Å². The highest BCUT2D eigenvalue weighted by molar-refractivity contribution is 5.30. The van der Waals surface area contributed by atoms with Gasteiger partial charge in [-0.05, 0) is 37.2 Å². The Hall–Kier alpha value is -0.960. The van der Waals surface area contributed by atoms with Crippen LogP contribution in [-0.4, -0.2) is 9.97 Å². The maximum Gasteiger partial charge on any atom is 0.116 e. The molecule has 0 fully saturated rings. The first-order valence-corrected chi connectivity index (χ1v) is 5.76. The van der Waals surface area contributed by atoms with Gasteiger partial charge >= 0.3 is 0 Å². The van der Waals surface area contributed by atoms with Crippen LogP contribution in [0.2, 0.25) is 0 Å². The Kier molecular flexibility index (Phi) is 3.00. The van der Waals surface area contributed by atoms with E-state index in [1.807, 2.05) is 0 Å². The van der Waals surface area contributed by atoms with Gasteiger partial charge in [0.2, 0.25) is 0 Å². The molecule has 0 saturated carbocycles. The standard InChI is InChI=1S/C12H19N3/c1-8(2)6-10(13)12-9-4-3-5-11(9)14-7-15-12/h7-8,10H,3-6,13H2,1-2H3/t10-/m1/s1. The molecule has 3 nitrogen and oxygen atoms in total. The summed E-state index contributed by atoms with van der Waals surface area (Å²) >= 11 is 0. The number of aromatic nitrogens is 2. The lowest BCUT2D eigenvalue weighted by Crippen LogP contribution is -2.17. The second-order valence-corrected chi connectivity index (χ2v) is 4.77. The molecule has 2 N–H and O–H groups in total. The molecule has 1 atom stereocenters. The van der Waals surface area contributed by atoms with Gasteiger partial charge in [0.1, 0.15) is 6.33 Å². The molecular formula is C12H19N3. The van der Waals surface area contributed by atoms with E-state index in [-0.39, 0.29) is 6.04 Å². The van der Waals surface area contributed by atoms with Crippen LogP contribution >= 0.6 is 0 Å². The molecule has 1 aromatic rings. The van der Waals surface area contributed by atoms with Crippen LogP contribution < -0.4 is 5.73 Å². The van der Waals surface area contributed by atoms with E-state index in [1.165, 1.54) is 17.7 Å². The first kappa shape index (κ1) is 10.6. The summed E-state index contributed by atoms with van der Waals surface area (Å²) in [6.45, 7) is 4.39. The van der Waals surface area contributed by atoms with Gasteiger partial charge in [0.25, 0.3) is 0 Å².